The van der Waals surface area contributed by atoms with Gasteiger partial charge >= 0.3 is 0 Å². The predicted molar refractivity (Wildman–Crippen MR) is 105 cm³/mol. The first-order valence-electron chi connectivity index (χ1n) is 9.40. The van der Waals surface area contributed by atoms with Gasteiger partial charge in [-0.05, 0) is 44.2 Å². The van der Waals surface area contributed by atoms with Crippen molar-refractivity contribution in [2.24, 2.45) is 0 Å². The molecule has 1 aliphatic heterocycles. The van der Waals surface area contributed by atoms with Crippen molar-refractivity contribution in [1.82, 2.24) is 9.80 Å². The van der Waals surface area contributed by atoms with Crippen molar-refractivity contribution in [2.75, 3.05) is 44.7 Å². The molecule has 0 spiro atoms. The van der Waals surface area contributed by atoms with Crippen molar-refractivity contribution in [1.29, 1.82) is 0 Å². The number of likely N-dealkylation sites (N-methyl/N-ethyl adjacent to an activating group) is 1. The minimum atomic E-state index is -0.384. The van der Waals surface area contributed by atoms with Gasteiger partial charge in [-0.1, -0.05) is 0 Å². The molecule has 6 nitrogen and oxygen atoms in total. The smallest absolute Gasteiger partial charge is 0.236 e. The number of halogens is 1. The normalized spacial score (nSPS) is 14.9. The predicted octanol–water partition coefficient (Wildman–Crippen LogP) is 2.71. The monoisotopic (exact) mass is 387 g/mol. The van der Waals surface area contributed by atoms with Crippen LogP contribution in [0.15, 0.2) is 34.7 Å². The van der Waals surface area contributed by atoms with Gasteiger partial charge in [0.1, 0.15) is 17.3 Å². The molecule has 28 heavy (non-hydrogen) atoms. The maximum absolute atomic E-state index is 14.3. The Morgan fingerprint density at radius 2 is 1.86 bits per heavy atom. The molecule has 0 unspecified atom stereocenters. The van der Waals surface area contributed by atoms with E-state index in [4.69, 9.17) is 4.42 Å². The molecule has 1 saturated heterocycles. The molecule has 1 aromatic carbocycles. The van der Waals surface area contributed by atoms with Crippen LogP contribution in [0.25, 0.3) is 0 Å². The molecule has 2 heterocycles. The number of furan rings is 1. The molecule has 2 aromatic rings. The van der Waals surface area contributed by atoms with Crippen LogP contribution in [0, 0.1) is 12.7 Å². The molecule has 0 atom stereocenters. The Kier molecular flexibility index (Phi) is 6.14. The van der Waals surface area contributed by atoms with Crippen LogP contribution >= 0.6 is 0 Å². The van der Waals surface area contributed by atoms with Gasteiger partial charge in [-0.15, -0.1) is 0 Å². The van der Waals surface area contributed by atoms with Crippen LogP contribution in [-0.2, 0) is 11.3 Å². The largest absolute Gasteiger partial charge is 0.464 e. The zero-order chi connectivity index (χ0) is 20.3. The average molecular weight is 387 g/mol. The number of Topliss-reactive ketones (excluding diaryl/α,β-unsaturated/α-hetero) is 1. The second-order valence-corrected chi connectivity index (χ2v) is 7.25. The molecule has 1 aromatic heterocycles. The van der Waals surface area contributed by atoms with E-state index >= 15 is 0 Å². The summed E-state index contributed by atoms with van der Waals surface area (Å²) in [5.74, 6) is 1.09. The van der Waals surface area contributed by atoms with Gasteiger partial charge in [-0.2, -0.15) is 0 Å². The molecular formula is C21H26FN3O3. The molecule has 0 radical (unpaired) electrons. The van der Waals surface area contributed by atoms with Crippen molar-refractivity contribution in [3.05, 3.63) is 53.2 Å². The fourth-order valence-corrected chi connectivity index (χ4v) is 3.33. The minimum absolute atomic E-state index is 0.0273. The first kappa shape index (κ1) is 20.1. The van der Waals surface area contributed by atoms with Crippen molar-refractivity contribution in [3.8, 4) is 0 Å². The van der Waals surface area contributed by atoms with Gasteiger partial charge in [0.15, 0.2) is 5.78 Å². The van der Waals surface area contributed by atoms with Crippen molar-refractivity contribution < 1.29 is 18.4 Å². The molecule has 1 aliphatic rings. The third kappa shape index (κ3) is 4.78. The van der Waals surface area contributed by atoms with E-state index in [0.717, 1.165) is 11.5 Å². The first-order chi connectivity index (χ1) is 13.3. The van der Waals surface area contributed by atoms with Gasteiger partial charge < -0.3 is 14.2 Å². The Hall–Kier alpha value is -2.67. The zero-order valence-electron chi connectivity index (χ0n) is 16.6. The second kappa shape index (κ2) is 8.56. The number of rotatable bonds is 6. The number of aryl methyl sites for hydroxylation is 1. The Morgan fingerprint density at radius 1 is 1.14 bits per heavy atom. The number of hydrogen-bond donors (Lipinski definition) is 0. The molecule has 150 valence electrons. The Labute approximate surface area is 164 Å². The van der Waals surface area contributed by atoms with E-state index in [1.807, 2.05) is 24.0 Å². The quantitative estimate of drug-likeness (QED) is 0.714. The van der Waals surface area contributed by atoms with E-state index in [0.29, 0.717) is 50.5 Å². The van der Waals surface area contributed by atoms with Crippen LogP contribution in [0.3, 0.4) is 0 Å². The topological polar surface area (TPSA) is 57.0 Å². The highest BCUT2D eigenvalue weighted by atomic mass is 19.1. The number of ketones is 1. The van der Waals surface area contributed by atoms with Crippen LogP contribution in [0.2, 0.25) is 0 Å². The number of amides is 1. The molecule has 0 saturated carbocycles. The van der Waals surface area contributed by atoms with Gasteiger partial charge in [0.25, 0.3) is 0 Å². The van der Waals surface area contributed by atoms with Crippen LogP contribution in [0.4, 0.5) is 10.1 Å². The van der Waals surface area contributed by atoms with Crippen LogP contribution in [0.5, 0.6) is 0 Å². The summed E-state index contributed by atoms with van der Waals surface area (Å²) in [5, 5.41) is 0. The number of hydrogen-bond acceptors (Lipinski definition) is 5. The third-order valence-electron chi connectivity index (χ3n) is 5.04. The first-order valence-corrected chi connectivity index (χ1v) is 9.40. The van der Waals surface area contributed by atoms with Crippen LogP contribution in [-0.4, -0.2) is 61.3 Å². The summed E-state index contributed by atoms with van der Waals surface area (Å²) < 4.78 is 19.9. The summed E-state index contributed by atoms with van der Waals surface area (Å²) in [6, 6.07) is 8.37. The lowest BCUT2D eigenvalue weighted by molar-refractivity contribution is -0.132. The lowest BCUT2D eigenvalue weighted by atomic mass is 10.1. The maximum Gasteiger partial charge on any atom is 0.236 e. The number of benzene rings is 1. The highest BCUT2D eigenvalue weighted by Crippen LogP contribution is 2.22. The minimum Gasteiger partial charge on any atom is -0.464 e. The van der Waals surface area contributed by atoms with Gasteiger partial charge in [-0.25, -0.2) is 4.39 Å². The van der Waals surface area contributed by atoms with E-state index in [1.54, 1.807) is 24.1 Å². The lowest BCUT2D eigenvalue weighted by Crippen LogP contribution is -2.49. The third-order valence-corrected chi connectivity index (χ3v) is 5.04. The molecular weight excluding hydrogens is 361 g/mol. The highest BCUT2D eigenvalue weighted by molar-refractivity contribution is 5.94. The fourth-order valence-electron chi connectivity index (χ4n) is 3.33. The summed E-state index contributed by atoms with van der Waals surface area (Å²) in [6.45, 7) is 6.68. The zero-order valence-corrected chi connectivity index (χ0v) is 16.6. The molecule has 0 N–H and O–H groups in total. The summed E-state index contributed by atoms with van der Waals surface area (Å²) >= 11 is 0. The molecule has 7 heteroatoms. The van der Waals surface area contributed by atoms with Gasteiger partial charge in [-0.3, -0.25) is 14.5 Å². The number of nitrogens with zero attached hydrogens (tertiary/aromatic N) is 3. The maximum atomic E-state index is 14.3. The Bertz CT molecular complexity index is 856. The standard InChI is InChI=1S/C21H26FN3O3/c1-15-4-6-18(28-15)13-23(3)21(27)14-24-8-10-25(11-9-24)20-7-5-17(16(2)26)12-19(20)22/h4-7,12H,8-11,13-14H2,1-3H3. The average Bonchev–Trinajstić information content (AvgIpc) is 3.07. The van der Waals surface area contributed by atoms with E-state index in [9.17, 15) is 14.0 Å². The SMILES string of the molecule is CC(=O)c1ccc(N2CCN(CC(=O)N(C)Cc3ccc(C)o3)CC2)c(F)c1. The lowest BCUT2D eigenvalue weighted by Gasteiger charge is -2.36. The Morgan fingerprint density at radius 3 is 2.43 bits per heavy atom. The molecule has 3 rings (SSSR count). The van der Waals surface area contributed by atoms with Gasteiger partial charge in [0, 0.05) is 38.8 Å². The van der Waals surface area contributed by atoms with Crippen molar-refractivity contribution >= 4 is 17.4 Å². The second-order valence-electron chi connectivity index (χ2n) is 7.25. The van der Waals surface area contributed by atoms with E-state index in [1.165, 1.54) is 13.0 Å². The van der Waals surface area contributed by atoms with Gasteiger partial charge in [0.05, 0.1) is 18.8 Å². The van der Waals surface area contributed by atoms with Gasteiger partial charge in [0.2, 0.25) is 5.91 Å². The molecule has 0 bridgehead atoms. The molecule has 0 aliphatic carbocycles. The van der Waals surface area contributed by atoms with Crippen molar-refractivity contribution in [2.45, 2.75) is 20.4 Å². The van der Waals surface area contributed by atoms with E-state index in [2.05, 4.69) is 4.90 Å². The number of carbonyl (C=O) groups excluding carboxylic acids is 2. The Balaban J connectivity index is 1.51. The van der Waals surface area contributed by atoms with Crippen LogP contribution in [0.1, 0.15) is 28.8 Å². The number of carbonyl (C=O) groups is 2. The van der Waals surface area contributed by atoms with Crippen molar-refractivity contribution in [3.63, 3.8) is 0 Å². The summed E-state index contributed by atoms with van der Waals surface area (Å²) in [5.41, 5.74) is 0.876. The highest BCUT2D eigenvalue weighted by Gasteiger charge is 2.23. The van der Waals surface area contributed by atoms with E-state index < -0.39 is 0 Å². The van der Waals surface area contributed by atoms with E-state index in [-0.39, 0.29) is 17.5 Å². The summed E-state index contributed by atoms with van der Waals surface area (Å²) in [6.07, 6.45) is 0. The molecule has 1 amide bonds. The summed E-state index contributed by atoms with van der Waals surface area (Å²) in [7, 11) is 1.77. The number of anilines is 1. The fraction of sp³-hybridized carbons (Fsp3) is 0.429. The summed E-state index contributed by atoms with van der Waals surface area (Å²) in [4.78, 5) is 29.5. The van der Waals surface area contributed by atoms with Crippen LogP contribution < -0.4 is 4.90 Å². The number of piperazine rings is 1. The molecule has 1 fully saturated rings.